The minimum atomic E-state index is 0.656. The first-order chi connectivity index (χ1) is 9.78. The van der Waals surface area contributed by atoms with E-state index in [0.717, 1.165) is 26.1 Å². The lowest BCUT2D eigenvalue weighted by Gasteiger charge is -2.16. The van der Waals surface area contributed by atoms with E-state index in [4.69, 9.17) is 9.47 Å². The van der Waals surface area contributed by atoms with Gasteiger partial charge < -0.3 is 9.47 Å². The Morgan fingerprint density at radius 2 is 1.20 bits per heavy atom. The van der Waals surface area contributed by atoms with Crippen molar-refractivity contribution in [2.75, 3.05) is 26.4 Å². The topological polar surface area (TPSA) is 18.5 Å². The van der Waals surface area contributed by atoms with Crippen molar-refractivity contribution in [2.45, 2.75) is 52.4 Å². The van der Waals surface area contributed by atoms with Crippen LogP contribution in [0.4, 0.5) is 0 Å². The Kier molecular flexibility index (Phi) is 14.4. The average molecular weight is 282 g/mol. The number of hydrogen-bond donors (Lipinski definition) is 0. The zero-order valence-corrected chi connectivity index (χ0v) is 13.6. The van der Waals surface area contributed by atoms with E-state index in [1.165, 1.54) is 25.7 Å². The molecule has 0 saturated heterocycles. The molecule has 0 spiro atoms. The molecule has 0 bridgehead atoms. The van der Waals surface area contributed by atoms with Crippen LogP contribution in [-0.2, 0) is 9.47 Å². The molecule has 118 valence electrons. The normalized spacial score (nSPS) is 13.9. The minimum absolute atomic E-state index is 0.656. The van der Waals surface area contributed by atoms with Crippen molar-refractivity contribution >= 4 is 0 Å². The van der Waals surface area contributed by atoms with Gasteiger partial charge in [-0.3, -0.25) is 0 Å². The molecule has 0 rings (SSSR count). The number of rotatable bonds is 15. The third-order valence-corrected chi connectivity index (χ3v) is 3.79. The second kappa shape index (κ2) is 14.8. The first kappa shape index (κ1) is 19.4. The van der Waals surface area contributed by atoms with Gasteiger partial charge in [0, 0.05) is 13.2 Å². The van der Waals surface area contributed by atoms with E-state index >= 15 is 0 Å². The lowest BCUT2D eigenvalue weighted by Crippen LogP contribution is -2.15. The van der Waals surface area contributed by atoms with Gasteiger partial charge in [0.05, 0.1) is 13.2 Å². The number of allylic oxidation sites excluding steroid dienone is 2. The highest BCUT2D eigenvalue weighted by molar-refractivity contribution is 4.70. The molecule has 2 atom stereocenters. The summed E-state index contributed by atoms with van der Waals surface area (Å²) in [5.74, 6) is 1.31. The summed E-state index contributed by atoms with van der Waals surface area (Å²) in [7, 11) is 0. The summed E-state index contributed by atoms with van der Waals surface area (Å²) in [5, 5.41) is 0. The number of ether oxygens (including phenoxy) is 2. The number of hydrogen-bond acceptors (Lipinski definition) is 2. The molecule has 2 nitrogen and oxygen atoms in total. The van der Waals surface area contributed by atoms with Crippen LogP contribution in [0.3, 0.4) is 0 Å². The molecular weight excluding hydrogens is 248 g/mol. The molecular formula is C18H34O2. The van der Waals surface area contributed by atoms with Crippen molar-refractivity contribution in [3.63, 3.8) is 0 Å². The zero-order valence-electron chi connectivity index (χ0n) is 13.6. The molecule has 20 heavy (non-hydrogen) atoms. The first-order valence-electron chi connectivity index (χ1n) is 8.15. The second-order valence-corrected chi connectivity index (χ2v) is 5.43. The molecule has 0 aromatic heterocycles. The Hall–Kier alpha value is -0.600. The predicted molar refractivity (Wildman–Crippen MR) is 88.1 cm³/mol. The summed E-state index contributed by atoms with van der Waals surface area (Å²) in [4.78, 5) is 0. The average Bonchev–Trinajstić information content (AvgIpc) is 2.48. The molecule has 0 fully saturated rings. The maximum absolute atomic E-state index is 5.70. The van der Waals surface area contributed by atoms with Gasteiger partial charge in [0.15, 0.2) is 0 Å². The van der Waals surface area contributed by atoms with Gasteiger partial charge in [-0.05, 0) is 37.5 Å². The Morgan fingerprint density at radius 3 is 1.50 bits per heavy atom. The highest BCUT2D eigenvalue weighted by atomic mass is 16.5. The molecule has 0 aromatic carbocycles. The standard InChI is InChI=1S/C18H34O2/c1-5-9-11-17(7-3)15-19-13-14-20-16-18(8-4)12-10-6-2/h5-6,17-18H,1-2,7-16H2,3-4H3. The Balaban J connectivity index is 3.49. The Morgan fingerprint density at radius 1 is 0.800 bits per heavy atom. The van der Waals surface area contributed by atoms with Crippen LogP contribution in [-0.4, -0.2) is 26.4 Å². The van der Waals surface area contributed by atoms with Crippen LogP contribution in [0.1, 0.15) is 52.4 Å². The second-order valence-electron chi connectivity index (χ2n) is 5.43. The zero-order chi connectivity index (χ0) is 15.1. The summed E-state index contributed by atoms with van der Waals surface area (Å²) in [6, 6.07) is 0. The van der Waals surface area contributed by atoms with E-state index in [2.05, 4.69) is 27.0 Å². The fourth-order valence-electron chi connectivity index (χ4n) is 2.14. The lowest BCUT2D eigenvalue weighted by atomic mass is 10.0. The van der Waals surface area contributed by atoms with Gasteiger partial charge in [-0.15, -0.1) is 13.2 Å². The van der Waals surface area contributed by atoms with Gasteiger partial charge >= 0.3 is 0 Å². The van der Waals surface area contributed by atoms with E-state index in [0.29, 0.717) is 25.0 Å². The summed E-state index contributed by atoms with van der Waals surface area (Å²) in [6.07, 6.45) is 10.8. The molecule has 0 aromatic rings. The van der Waals surface area contributed by atoms with Crippen LogP contribution in [0, 0.1) is 11.8 Å². The van der Waals surface area contributed by atoms with Gasteiger partial charge in [0.1, 0.15) is 0 Å². The largest absolute Gasteiger partial charge is 0.379 e. The van der Waals surface area contributed by atoms with E-state index < -0.39 is 0 Å². The van der Waals surface area contributed by atoms with Crippen molar-refractivity contribution in [1.29, 1.82) is 0 Å². The summed E-state index contributed by atoms with van der Waals surface area (Å²) >= 11 is 0. The molecule has 0 radical (unpaired) electrons. The van der Waals surface area contributed by atoms with Crippen LogP contribution < -0.4 is 0 Å². The fraction of sp³-hybridized carbons (Fsp3) is 0.778. The molecule has 0 amide bonds. The molecule has 0 heterocycles. The molecule has 2 unspecified atom stereocenters. The van der Waals surface area contributed by atoms with Crippen LogP contribution in [0.2, 0.25) is 0 Å². The Bertz CT molecular complexity index is 201. The van der Waals surface area contributed by atoms with Crippen molar-refractivity contribution in [3.8, 4) is 0 Å². The molecule has 0 aliphatic heterocycles. The van der Waals surface area contributed by atoms with E-state index in [-0.39, 0.29) is 0 Å². The van der Waals surface area contributed by atoms with Gasteiger partial charge in [-0.1, -0.05) is 38.8 Å². The quantitative estimate of drug-likeness (QED) is 0.311. The SMILES string of the molecule is C=CCCC(CC)COCCOCC(CC)CCC=C. The smallest absolute Gasteiger partial charge is 0.0700 e. The highest BCUT2D eigenvalue weighted by Crippen LogP contribution is 2.12. The van der Waals surface area contributed by atoms with Crippen LogP contribution in [0.25, 0.3) is 0 Å². The van der Waals surface area contributed by atoms with Gasteiger partial charge in [-0.25, -0.2) is 0 Å². The van der Waals surface area contributed by atoms with Gasteiger partial charge in [0.25, 0.3) is 0 Å². The summed E-state index contributed by atoms with van der Waals surface area (Å²) in [6.45, 7) is 15.1. The third kappa shape index (κ3) is 11.2. The van der Waals surface area contributed by atoms with Gasteiger partial charge in [0.2, 0.25) is 0 Å². The molecule has 0 aliphatic carbocycles. The Labute approximate surface area is 126 Å². The first-order valence-corrected chi connectivity index (χ1v) is 8.15. The summed E-state index contributed by atoms with van der Waals surface area (Å²) < 4.78 is 11.4. The van der Waals surface area contributed by atoms with E-state index in [1.54, 1.807) is 0 Å². The fourth-order valence-corrected chi connectivity index (χ4v) is 2.14. The van der Waals surface area contributed by atoms with Crippen molar-refractivity contribution in [3.05, 3.63) is 25.3 Å². The van der Waals surface area contributed by atoms with Crippen molar-refractivity contribution in [1.82, 2.24) is 0 Å². The summed E-state index contributed by atoms with van der Waals surface area (Å²) in [5.41, 5.74) is 0. The van der Waals surface area contributed by atoms with Crippen LogP contribution >= 0.6 is 0 Å². The van der Waals surface area contributed by atoms with Crippen LogP contribution in [0.15, 0.2) is 25.3 Å². The minimum Gasteiger partial charge on any atom is -0.379 e. The van der Waals surface area contributed by atoms with E-state index in [1.807, 2.05) is 12.2 Å². The maximum Gasteiger partial charge on any atom is 0.0700 e. The highest BCUT2D eigenvalue weighted by Gasteiger charge is 2.07. The van der Waals surface area contributed by atoms with Crippen molar-refractivity contribution < 1.29 is 9.47 Å². The lowest BCUT2D eigenvalue weighted by molar-refractivity contribution is 0.0192. The third-order valence-electron chi connectivity index (χ3n) is 3.79. The molecule has 0 aliphatic rings. The molecule has 0 N–H and O–H groups in total. The monoisotopic (exact) mass is 282 g/mol. The van der Waals surface area contributed by atoms with Crippen molar-refractivity contribution in [2.24, 2.45) is 11.8 Å². The van der Waals surface area contributed by atoms with Gasteiger partial charge in [-0.2, -0.15) is 0 Å². The van der Waals surface area contributed by atoms with Crippen LogP contribution in [0.5, 0.6) is 0 Å². The van der Waals surface area contributed by atoms with E-state index in [9.17, 15) is 0 Å². The molecule has 0 saturated carbocycles. The predicted octanol–water partition coefficient (Wildman–Crippen LogP) is 5.00. The maximum atomic E-state index is 5.70. The molecule has 2 heteroatoms.